The molecule has 1 N–H and O–H groups in total. The van der Waals surface area contributed by atoms with Crippen LogP contribution < -0.4 is 10.3 Å². The predicted octanol–water partition coefficient (Wildman–Crippen LogP) is 0.984. The SMILES string of the molecule is COC(=O)C1=NN[C@@H]2C(=O)N(c3cc(Cl)cc(Cl)c3)C(=O)[C@@H]12. The molecule has 2 heterocycles. The summed E-state index contributed by atoms with van der Waals surface area (Å²) in [6.45, 7) is 0. The molecule has 2 atom stereocenters. The molecule has 0 saturated carbocycles. The van der Waals surface area contributed by atoms with E-state index < -0.39 is 29.7 Å². The third-order valence-electron chi connectivity index (χ3n) is 3.42. The second-order valence-corrected chi connectivity index (χ2v) is 5.59. The van der Waals surface area contributed by atoms with E-state index in [4.69, 9.17) is 23.2 Å². The molecule has 1 aromatic rings. The lowest BCUT2D eigenvalue weighted by atomic mass is 9.99. The van der Waals surface area contributed by atoms with Crippen LogP contribution in [0.1, 0.15) is 0 Å². The Morgan fingerprint density at radius 2 is 1.86 bits per heavy atom. The van der Waals surface area contributed by atoms with E-state index in [1.54, 1.807) is 0 Å². The Balaban J connectivity index is 2.00. The van der Waals surface area contributed by atoms with E-state index in [0.29, 0.717) is 0 Å². The highest BCUT2D eigenvalue weighted by Gasteiger charge is 2.55. The Morgan fingerprint density at radius 1 is 1.23 bits per heavy atom. The molecule has 7 nitrogen and oxygen atoms in total. The highest BCUT2D eigenvalue weighted by molar-refractivity contribution is 6.46. The highest BCUT2D eigenvalue weighted by atomic mass is 35.5. The lowest BCUT2D eigenvalue weighted by Crippen LogP contribution is -2.36. The first kappa shape index (κ1) is 14.8. The molecule has 3 rings (SSSR count). The minimum absolute atomic E-state index is 0.124. The largest absolute Gasteiger partial charge is 0.464 e. The highest BCUT2D eigenvalue weighted by Crippen LogP contribution is 2.33. The first-order chi connectivity index (χ1) is 10.4. The van der Waals surface area contributed by atoms with Gasteiger partial charge in [-0.15, -0.1) is 0 Å². The van der Waals surface area contributed by atoms with Crippen LogP contribution in [0.3, 0.4) is 0 Å². The minimum atomic E-state index is -1.02. The van der Waals surface area contributed by atoms with Crippen LogP contribution in [-0.2, 0) is 19.1 Å². The van der Waals surface area contributed by atoms with Crippen molar-refractivity contribution >= 4 is 52.4 Å². The standard InChI is InChI=1S/C13H9Cl2N3O4/c1-22-13(21)10-8-9(16-17-10)12(20)18(11(8)19)7-3-5(14)2-6(15)4-7/h2-4,8-9,16H,1H3/t8-,9+/m1/s1. The number of esters is 1. The average Bonchev–Trinajstić information content (AvgIpc) is 2.98. The average molecular weight is 342 g/mol. The van der Waals surface area contributed by atoms with Crippen LogP contribution in [0.4, 0.5) is 5.69 Å². The Morgan fingerprint density at radius 3 is 2.45 bits per heavy atom. The van der Waals surface area contributed by atoms with Crippen LogP contribution in [-0.4, -0.2) is 36.6 Å². The van der Waals surface area contributed by atoms with Gasteiger partial charge in [-0.05, 0) is 18.2 Å². The number of nitrogens with one attached hydrogen (secondary N) is 1. The summed E-state index contributed by atoms with van der Waals surface area (Å²) in [7, 11) is 1.17. The lowest BCUT2D eigenvalue weighted by molar-refractivity contribution is -0.133. The van der Waals surface area contributed by atoms with Gasteiger partial charge in [-0.1, -0.05) is 23.2 Å². The van der Waals surface area contributed by atoms with Gasteiger partial charge in [0, 0.05) is 10.0 Å². The van der Waals surface area contributed by atoms with Crippen LogP contribution in [0, 0.1) is 5.92 Å². The number of hydrogen-bond donors (Lipinski definition) is 1. The number of methoxy groups -OCH3 is 1. The van der Waals surface area contributed by atoms with Crippen molar-refractivity contribution in [1.29, 1.82) is 0 Å². The number of anilines is 1. The van der Waals surface area contributed by atoms with E-state index in [9.17, 15) is 14.4 Å². The zero-order chi connectivity index (χ0) is 16.0. The molecule has 0 unspecified atom stereocenters. The first-order valence-electron chi connectivity index (χ1n) is 6.19. The van der Waals surface area contributed by atoms with Gasteiger partial charge in [-0.2, -0.15) is 5.10 Å². The molecule has 0 bridgehead atoms. The molecule has 22 heavy (non-hydrogen) atoms. The van der Waals surface area contributed by atoms with Crippen LogP contribution in [0.15, 0.2) is 23.3 Å². The van der Waals surface area contributed by atoms with Crippen molar-refractivity contribution in [3.05, 3.63) is 28.2 Å². The number of ether oxygens (including phenoxy) is 1. The molecule has 2 aliphatic heterocycles. The number of halogens is 2. The van der Waals surface area contributed by atoms with Crippen molar-refractivity contribution in [2.45, 2.75) is 6.04 Å². The zero-order valence-electron chi connectivity index (χ0n) is 11.2. The van der Waals surface area contributed by atoms with Crippen molar-refractivity contribution in [3.63, 3.8) is 0 Å². The predicted molar refractivity (Wildman–Crippen MR) is 78.8 cm³/mol. The van der Waals surface area contributed by atoms with Gasteiger partial charge in [0.1, 0.15) is 12.0 Å². The summed E-state index contributed by atoms with van der Waals surface area (Å²) in [6, 6.07) is 3.44. The van der Waals surface area contributed by atoms with Gasteiger partial charge in [0.25, 0.3) is 5.91 Å². The van der Waals surface area contributed by atoms with Crippen LogP contribution in [0.2, 0.25) is 10.0 Å². The van der Waals surface area contributed by atoms with E-state index in [1.807, 2.05) is 0 Å². The summed E-state index contributed by atoms with van der Waals surface area (Å²) >= 11 is 11.8. The topological polar surface area (TPSA) is 88.1 Å². The number of benzene rings is 1. The summed E-state index contributed by atoms with van der Waals surface area (Å²) in [5.74, 6) is -2.89. The maximum absolute atomic E-state index is 12.5. The molecule has 0 aliphatic carbocycles. The summed E-state index contributed by atoms with van der Waals surface area (Å²) in [5.41, 5.74) is 2.62. The summed E-state index contributed by atoms with van der Waals surface area (Å²) < 4.78 is 4.57. The number of imide groups is 1. The van der Waals surface area contributed by atoms with Crippen molar-refractivity contribution < 1.29 is 19.1 Å². The number of rotatable bonds is 2. The summed E-state index contributed by atoms with van der Waals surface area (Å²) in [6.07, 6.45) is 0. The Labute approximate surface area is 134 Å². The van der Waals surface area contributed by atoms with Gasteiger partial charge < -0.3 is 4.74 Å². The maximum Gasteiger partial charge on any atom is 0.355 e. The van der Waals surface area contributed by atoms with E-state index in [-0.39, 0.29) is 21.4 Å². The molecule has 114 valence electrons. The normalized spacial score (nSPS) is 23.2. The van der Waals surface area contributed by atoms with Gasteiger partial charge in [0.15, 0.2) is 5.71 Å². The Kier molecular flexibility index (Phi) is 3.54. The van der Waals surface area contributed by atoms with E-state index in [0.717, 1.165) is 4.90 Å². The molecule has 1 fully saturated rings. The van der Waals surface area contributed by atoms with Gasteiger partial charge >= 0.3 is 5.97 Å². The minimum Gasteiger partial charge on any atom is -0.464 e. The van der Waals surface area contributed by atoms with E-state index in [1.165, 1.54) is 25.3 Å². The van der Waals surface area contributed by atoms with Gasteiger partial charge in [-0.25, -0.2) is 9.69 Å². The molecule has 9 heteroatoms. The van der Waals surface area contributed by atoms with E-state index >= 15 is 0 Å². The van der Waals surface area contributed by atoms with Crippen molar-refractivity contribution in [1.82, 2.24) is 5.43 Å². The van der Waals surface area contributed by atoms with Crippen LogP contribution in [0.25, 0.3) is 0 Å². The quantitative estimate of drug-likeness (QED) is 0.640. The molecule has 1 saturated heterocycles. The number of hydrazone groups is 1. The Hall–Kier alpha value is -2.12. The second kappa shape index (κ2) is 5.26. The van der Waals surface area contributed by atoms with Gasteiger partial charge in [0.2, 0.25) is 5.91 Å². The first-order valence-corrected chi connectivity index (χ1v) is 6.95. The summed E-state index contributed by atoms with van der Waals surface area (Å²) in [4.78, 5) is 37.5. The van der Waals surface area contributed by atoms with Crippen molar-refractivity contribution in [2.75, 3.05) is 12.0 Å². The van der Waals surface area contributed by atoms with Crippen LogP contribution in [0.5, 0.6) is 0 Å². The van der Waals surface area contributed by atoms with E-state index in [2.05, 4.69) is 15.3 Å². The molecule has 0 aromatic heterocycles. The molecule has 0 spiro atoms. The fourth-order valence-corrected chi connectivity index (χ4v) is 3.00. The Bertz CT molecular complexity index is 714. The van der Waals surface area contributed by atoms with Gasteiger partial charge in [-0.3, -0.25) is 15.0 Å². The molecule has 0 radical (unpaired) electrons. The number of carbonyl (C=O) groups excluding carboxylic acids is 3. The number of fused-ring (bicyclic) bond motifs is 1. The monoisotopic (exact) mass is 341 g/mol. The molecular weight excluding hydrogens is 333 g/mol. The second-order valence-electron chi connectivity index (χ2n) is 4.71. The molecule has 2 amide bonds. The number of hydrogen-bond acceptors (Lipinski definition) is 6. The number of amides is 2. The molecular formula is C13H9Cl2N3O4. The fourth-order valence-electron chi connectivity index (χ4n) is 2.49. The van der Waals surface area contributed by atoms with Crippen molar-refractivity contribution in [3.8, 4) is 0 Å². The maximum atomic E-state index is 12.5. The van der Waals surface area contributed by atoms with Crippen molar-refractivity contribution in [2.24, 2.45) is 11.0 Å². The van der Waals surface area contributed by atoms with Crippen LogP contribution >= 0.6 is 23.2 Å². The fraction of sp³-hybridized carbons (Fsp3) is 0.231. The summed E-state index contributed by atoms with van der Waals surface area (Å²) in [5, 5.41) is 4.30. The lowest BCUT2D eigenvalue weighted by Gasteiger charge is -2.16. The third kappa shape index (κ3) is 2.13. The van der Waals surface area contributed by atoms with Gasteiger partial charge in [0.05, 0.1) is 12.8 Å². The molecule has 1 aromatic carbocycles. The third-order valence-corrected chi connectivity index (χ3v) is 3.86. The number of nitrogens with zero attached hydrogens (tertiary/aromatic N) is 2. The molecule has 2 aliphatic rings. The zero-order valence-corrected chi connectivity index (χ0v) is 12.7. The number of carbonyl (C=O) groups is 3. The smallest absolute Gasteiger partial charge is 0.355 e.